The van der Waals surface area contributed by atoms with Gasteiger partial charge in [-0.25, -0.2) is 0 Å². The van der Waals surface area contributed by atoms with Crippen LogP contribution in [0.5, 0.6) is 5.75 Å². The average Bonchev–Trinajstić information content (AvgIpc) is 3.03. The van der Waals surface area contributed by atoms with E-state index in [4.69, 9.17) is 9.16 Å². The summed E-state index contributed by atoms with van der Waals surface area (Å²) >= 11 is 0. The lowest BCUT2D eigenvalue weighted by molar-refractivity contribution is -0.200. The first-order valence-corrected chi connectivity index (χ1v) is 20.2. The number of alkyl halides is 3. The lowest BCUT2D eigenvalue weighted by atomic mass is 9.89. The molecule has 0 bridgehead atoms. The van der Waals surface area contributed by atoms with Crippen molar-refractivity contribution in [3.05, 3.63) is 75.6 Å². The molecule has 12 heteroatoms. The SMILES string of the molecule is CC(C)(C)[Si](C)(C)O[C@@H](CCCCc1cccc(CN2CCC3(CC2)CN(C(=O)C(F)(F)F)CCO3)c1)c1ccc(O)c2[nH]c(=O)ccc12. The summed E-state index contributed by atoms with van der Waals surface area (Å²) in [6, 6.07) is 15.4. The first-order valence-electron chi connectivity index (χ1n) is 17.3. The van der Waals surface area contributed by atoms with Crippen molar-refractivity contribution in [2.24, 2.45) is 0 Å². The monoisotopic (exact) mass is 701 g/mol. The zero-order valence-corrected chi connectivity index (χ0v) is 30.3. The molecule has 2 saturated heterocycles. The van der Waals surface area contributed by atoms with E-state index in [1.807, 2.05) is 6.07 Å². The van der Waals surface area contributed by atoms with E-state index in [1.54, 1.807) is 12.1 Å². The number of halogens is 3. The molecule has 268 valence electrons. The maximum atomic E-state index is 13.0. The van der Waals surface area contributed by atoms with Gasteiger partial charge in [0.15, 0.2) is 8.32 Å². The molecule has 0 unspecified atom stereocenters. The molecule has 0 saturated carbocycles. The van der Waals surface area contributed by atoms with Gasteiger partial charge in [0.1, 0.15) is 5.75 Å². The summed E-state index contributed by atoms with van der Waals surface area (Å²) in [4.78, 5) is 29.9. The van der Waals surface area contributed by atoms with Crippen LogP contribution in [0.3, 0.4) is 0 Å². The molecule has 1 aromatic heterocycles. The number of fused-ring (bicyclic) bond motifs is 1. The number of amides is 1. The highest BCUT2D eigenvalue weighted by Gasteiger charge is 2.48. The molecule has 3 aromatic rings. The van der Waals surface area contributed by atoms with Gasteiger partial charge >= 0.3 is 12.1 Å². The maximum Gasteiger partial charge on any atom is 0.471 e. The number of likely N-dealkylation sites (tertiary alicyclic amines) is 1. The van der Waals surface area contributed by atoms with Crippen LogP contribution in [-0.2, 0) is 26.9 Å². The zero-order chi connectivity index (χ0) is 35.6. The molecule has 2 N–H and O–H groups in total. The van der Waals surface area contributed by atoms with E-state index in [-0.39, 0.29) is 42.1 Å². The van der Waals surface area contributed by atoms with Gasteiger partial charge in [0.05, 0.1) is 30.4 Å². The average molecular weight is 702 g/mol. The summed E-state index contributed by atoms with van der Waals surface area (Å²) < 4.78 is 52.1. The summed E-state index contributed by atoms with van der Waals surface area (Å²) in [5.41, 5.74) is 2.86. The first-order chi connectivity index (χ1) is 23.0. The molecule has 2 aliphatic rings. The van der Waals surface area contributed by atoms with Gasteiger partial charge in [0.25, 0.3) is 0 Å². The van der Waals surface area contributed by atoms with Crippen LogP contribution in [0.4, 0.5) is 13.2 Å². The van der Waals surface area contributed by atoms with Crippen LogP contribution in [0.15, 0.2) is 53.3 Å². The van der Waals surface area contributed by atoms with E-state index in [1.165, 1.54) is 17.2 Å². The topological polar surface area (TPSA) is 95.1 Å². The molecule has 0 radical (unpaired) electrons. The van der Waals surface area contributed by atoms with Gasteiger partial charge in [-0.1, -0.05) is 57.5 Å². The number of benzene rings is 2. The van der Waals surface area contributed by atoms with Gasteiger partial charge in [0, 0.05) is 37.6 Å². The van der Waals surface area contributed by atoms with Gasteiger partial charge in [-0.3, -0.25) is 14.5 Å². The van der Waals surface area contributed by atoms with Crippen molar-refractivity contribution in [3.8, 4) is 5.75 Å². The van der Waals surface area contributed by atoms with E-state index in [0.29, 0.717) is 31.4 Å². The summed E-state index contributed by atoms with van der Waals surface area (Å²) in [5.74, 6) is -1.74. The molecule has 0 aliphatic carbocycles. The lowest BCUT2D eigenvalue weighted by Crippen LogP contribution is -2.59. The molecule has 1 spiro atoms. The minimum absolute atomic E-state index is 0.0115. The molecule has 8 nitrogen and oxygen atoms in total. The maximum absolute atomic E-state index is 13.0. The van der Waals surface area contributed by atoms with E-state index in [2.05, 4.69) is 68.0 Å². The number of pyridine rings is 1. The van der Waals surface area contributed by atoms with Crippen LogP contribution in [0.2, 0.25) is 18.1 Å². The fourth-order valence-corrected chi connectivity index (χ4v) is 8.08. The van der Waals surface area contributed by atoms with Crippen molar-refractivity contribution in [3.63, 3.8) is 0 Å². The Morgan fingerprint density at radius 2 is 1.76 bits per heavy atom. The van der Waals surface area contributed by atoms with E-state index < -0.39 is 26.0 Å². The Morgan fingerprint density at radius 1 is 1.04 bits per heavy atom. The highest BCUT2D eigenvalue weighted by molar-refractivity contribution is 6.74. The van der Waals surface area contributed by atoms with Crippen LogP contribution in [0.25, 0.3) is 10.9 Å². The molecular formula is C37H50F3N3O5Si. The number of carbonyl (C=O) groups is 1. The number of unbranched alkanes of at least 4 members (excludes halogenated alkanes) is 1. The van der Waals surface area contributed by atoms with Crippen molar-refractivity contribution in [2.75, 3.05) is 32.8 Å². The van der Waals surface area contributed by atoms with Gasteiger partial charge in [-0.05, 0) is 79.1 Å². The van der Waals surface area contributed by atoms with Crippen molar-refractivity contribution in [1.29, 1.82) is 0 Å². The molecule has 2 aliphatic heterocycles. The molecule has 1 amide bonds. The minimum atomic E-state index is -4.87. The van der Waals surface area contributed by atoms with Gasteiger partial charge < -0.3 is 24.2 Å². The number of phenolic OH excluding ortho intramolecular Hbond substituents is 1. The summed E-state index contributed by atoms with van der Waals surface area (Å²) in [6.07, 6.45) is -0.289. The minimum Gasteiger partial charge on any atom is -0.506 e. The number of rotatable bonds is 10. The van der Waals surface area contributed by atoms with E-state index in [0.717, 1.165) is 48.1 Å². The van der Waals surface area contributed by atoms with E-state index in [9.17, 15) is 27.9 Å². The highest BCUT2D eigenvalue weighted by Crippen LogP contribution is 2.43. The number of aromatic hydroxyl groups is 1. The number of phenols is 1. The smallest absolute Gasteiger partial charge is 0.471 e. The summed E-state index contributed by atoms with van der Waals surface area (Å²) in [5, 5.41) is 11.3. The Balaban J connectivity index is 1.18. The normalized spacial score (nSPS) is 18.2. The predicted molar refractivity (Wildman–Crippen MR) is 187 cm³/mol. The van der Waals surface area contributed by atoms with Crippen LogP contribution >= 0.6 is 0 Å². The molecule has 3 heterocycles. The van der Waals surface area contributed by atoms with Crippen molar-refractivity contribution >= 4 is 25.1 Å². The van der Waals surface area contributed by atoms with Crippen LogP contribution < -0.4 is 5.56 Å². The number of aromatic amines is 1. The molecule has 2 fully saturated rings. The van der Waals surface area contributed by atoms with Crippen LogP contribution in [-0.4, -0.2) is 78.7 Å². The number of aryl methyl sites for hydroxylation is 1. The third-order valence-electron chi connectivity index (χ3n) is 10.6. The number of hydrogen-bond acceptors (Lipinski definition) is 6. The number of piperidine rings is 1. The fourth-order valence-electron chi connectivity index (χ4n) is 6.77. The van der Waals surface area contributed by atoms with Crippen LogP contribution in [0, 0.1) is 0 Å². The second-order valence-electron chi connectivity index (χ2n) is 15.2. The number of carbonyl (C=O) groups excluding carboxylic acids is 1. The van der Waals surface area contributed by atoms with Gasteiger partial charge in [0.2, 0.25) is 5.56 Å². The van der Waals surface area contributed by atoms with E-state index >= 15 is 0 Å². The summed E-state index contributed by atoms with van der Waals surface area (Å²) in [6.45, 7) is 13.3. The zero-order valence-electron chi connectivity index (χ0n) is 29.3. The number of ether oxygens (including phenoxy) is 1. The largest absolute Gasteiger partial charge is 0.506 e. The van der Waals surface area contributed by atoms with Gasteiger partial charge in [-0.15, -0.1) is 0 Å². The van der Waals surface area contributed by atoms with Crippen LogP contribution in [0.1, 0.15) is 75.7 Å². The Morgan fingerprint density at radius 3 is 2.45 bits per heavy atom. The molecule has 5 rings (SSSR count). The standard InChI is InChI=1S/C37H50F3N3O5Si/c1-35(2,3)49(4,5)48-31(28-13-15-30(44)33-29(28)14-16-32(45)41-33)12-7-6-9-26-10-8-11-27(23-26)24-42-19-17-36(18-20-42)25-43(21-22-47-36)34(46)37(38,39)40/h8,10-11,13-16,23,31,44H,6-7,9,12,17-22,24-25H2,1-5H3,(H,41,45)/t31-/m0/s1. The van der Waals surface area contributed by atoms with Crippen molar-refractivity contribution < 1.29 is 32.2 Å². The Kier molecular flexibility index (Phi) is 11.0. The third kappa shape index (κ3) is 8.94. The van der Waals surface area contributed by atoms with Crippen molar-refractivity contribution in [1.82, 2.24) is 14.8 Å². The Hall–Kier alpha value is -3.19. The first kappa shape index (κ1) is 37.1. The molecular weight excluding hydrogens is 652 g/mol. The molecule has 1 atom stereocenters. The van der Waals surface area contributed by atoms with Gasteiger partial charge in [-0.2, -0.15) is 13.2 Å². The third-order valence-corrected chi connectivity index (χ3v) is 15.1. The Bertz CT molecular complexity index is 1680. The molecule has 49 heavy (non-hydrogen) atoms. The predicted octanol–water partition coefficient (Wildman–Crippen LogP) is 7.47. The number of aromatic nitrogens is 1. The fraction of sp³-hybridized carbons (Fsp3) is 0.568. The second kappa shape index (κ2) is 14.6. The highest BCUT2D eigenvalue weighted by atomic mass is 28.4. The lowest BCUT2D eigenvalue weighted by Gasteiger charge is -2.47. The number of nitrogens with zero attached hydrogens (tertiary/aromatic N) is 2. The Labute approximate surface area is 287 Å². The number of hydrogen-bond donors (Lipinski definition) is 2. The second-order valence-corrected chi connectivity index (χ2v) is 20.0. The quantitative estimate of drug-likeness (QED) is 0.168. The molecule has 2 aromatic carbocycles. The number of nitrogens with one attached hydrogen (secondary N) is 1. The van der Waals surface area contributed by atoms with Crippen molar-refractivity contribution in [2.45, 2.75) is 102 Å². The summed E-state index contributed by atoms with van der Waals surface area (Å²) in [7, 11) is -2.15. The number of H-pyrrole nitrogens is 1. The number of morpholine rings is 1.